The Bertz CT molecular complexity index is 812. The lowest BCUT2D eigenvalue weighted by molar-refractivity contribution is -0.122. The van der Waals surface area contributed by atoms with Crippen LogP contribution in [0.5, 0.6) is 0 Å². The molecule has 0 spiro atoms. The van der Waals surface area contributed by atoms with Crippen LogP contribution in [0.3, 0.4) is 0 Å². The minimum absolute atomic E-state index is 0.00979. The van der Waals surface area contributed by atoms with Gasteiger partial charge in [-0.2, -0.15) is 0 Å². The molecule has 24 heavy (non-hydrogen) atoms. The normalized spacial score (nSPS) is 19.6. The van der Waals surface area contributed by atoms with E-state index in [1.165, 1.54) is 17.5 Å². The Balaban J connectivity index is 1.47. The number of nitrogens with one attached hydrogen (secondary N) is 1. The lowest BCUT2D eigenvalue weighted by atomic mass is 10.1. The van der Waals surface area contributed by atoms with E-state index in [4.69, 9.17) is 4.52 Å². The SMILES string of the molecule is Cc1cc(NC(=O)C2CC(=O)N(c3ccc4c(c3)CCC4)C2)no1. The zero-order valence-electron chi connectivity index (χ0n) is 13.5. The molecular weight excluding hydrogens is 306 g/mol. The van der Waals surface area contributed by atoms with E-state index in [2.05, 4.69) is 22.6 Å². The smallest absolute Gasteiger partial charge is 0.231 e. The molecule has 1 aromatic carbocycles. The molecule has 1 unspecified atom stereocenters. The summed E-state index contributed by atoms with van der Waals surface area (Å²) in [6.07, 6.45) is 3.58. The van der Waals surface area contributed by atoms with E-state index in [0.29, 0.717) is 18.1 Å². The molecule has 4 rings (SSSR count). The second-order valence-electron chi connectivity index (χ2n) is 6.52. The van der Waals surface area contributed by atoms with E-state index in [1.54, 1.807) is 17.9 Å². The lowest BCUT2D eigenvalue weighted by Crippen LogP contribution is -2.28. The van der Waals surface area contributed by atoms with Crippen LogP contribution in [0.25, 0.3) is 0 Å². The van der Waals surface area contributed by atoms with Crippen molar-refractivity contribution in [1.82, 2.24) is 5.16 Å². The third-order valence-corrected chi connectivity index (χ3v) is 4.77. The molecule has 2 aromatic rings. The van der Waals surface area contributed by atoms with Crippen molar-refractivity contribution in [2.45, 2.75) is 32.6 Å². The van der Waals surface area contributed by atoms with E-state index in [0.717, 1.165) is 18.5 Å². The molecule has 0 radical (unpaired) electrons. The highest BCUT2D eigenvalue weighted by atomic mass is 16.5. The van der Waals surface area contributed by atoms with Crippen LogP contribution < -0.4 is 10.2 Å². The molecule has 2 heterocycles. The number of hydrogen-bond acceptors (Lipinski definition) is 4. The number of aromatic nitrogens is 1. The minimum atomic E-state index is -0.372. The van der Waals surface area contributed by atoms with Crippen molar-refractivity contribution in [3.63, 3.8) is 0 Å². The first-order valence-corrected chi connectivity index (χ1v) is 8.26. The van der Waals surface area contributed by atoms with Crippen molar-refractivity contribution in [3.8, 4) is 0 Å². The van der Waals surface area contributed by atoms with Crippen LogP contribution in [-0.4, -0.2) is 23.5 Å². The number of fused-ring (bicyclic) bond motifs is 1. The second-order valence-corrected chi connectivity index (χ2v) is 6.52. The van der Waals surface area contributed by atoms with Gasteiger partial charge in [0.2, 0.25) is 11.8 Å². The Morgan fingerprint density at radius 1 is 1.29 bits per heavy atom. The molecule has 6 nitrogen and oxygen atoms in total. The Hall–Kier alpha value is -2.63. The molecule has 1 aliphatic carbocycles. The number of amides is 2. The van der Waals surface area contributed by atoms with Crippen LogP contribution in [0, 0.1) is 12.8 Å². The number of benzene rings is 1. The largest absolute Gasteiger partial charge is 0.360 e. The third kappa shape index (κ3) is 2.68. The summed E-state index contributed by atoms with van der Waals surface area (Å²) in [5.41, 5.74) is 3.60. The minimum Gasteiger partial charge on any atom is -0.360 e. The summed E-state index contributed by atoms with van der Waals surface area (Å²) in [6, 6.07) is 7.86. The lowest BCUT2D eigenvalue weighted by Gasteiger charge is -2.17. The molecule has 0 bridgehead atoms. The molecule has 2 aliphatic rings. The first-order chi connectivity index (χ1) is 11.6. The van der Waals surface area contributed by atoms with E-state index in [-0.39, 0.29) is 24.2 Å². The van der Waals surface area contributed by atoms with E-state index in [1.807, 2.05) is 6.07 Å². The molecule has 1 aliphatic heterocycles. The van der Waals surface area contributed by atoms with Crippen LogP contribution in [0.15, 0.2) is 28.8 Å². The molecule has 2 amide bonds. The average Bonchev–Trinajstić information content (AvgIpc) is 3.26. The third-order valence-electron chi connectivity index (χ3n) is 4.77. The van der Waals surface area contributed by atoms with E-state index in [9.17, 15) is 9.59 Å². The summed E-state index contributed by atoms with van der Waals surface area (Å²) in [7, 11) is 0. The number of nitrogens with zero attached hydrogens (tertiary/aromatic N) is 2. The van der Waals surface area contributed by atoms with Crippen LogP contribution in [0.4, 0.5) is 11.5 Å². The zero-order chi connectivity index (χ0) is 16.7. The van der Waals surface area contributed by atoms with Gasteiger partial charge in [0.05, 0.1) is 5.92 Å². The van der Waals surface area contributed by atoms with Crippen molar-refractivity contribution >= 4 is 23.3 Å². The molecule has 0 saturated carbocycles. The number of aryl methyl sites for hydroxylation is 3. The van der Waals surface area contributed by atoms with Crippen LogP contribution >= 0.6 is 0 Å². The van der Waals surface area contributed by atoms with Gasteiger partial charge in [0.15, 0.2) is 5.82 Å². The first-order valence-electron chi connectivity index (χ1n) is 8.26. The van der Waals surface area contributed by atoms with Gasteiger partial charge in [-0.1, -0.05) is 11.2 Å². The predicted octanol–water partition coefficient (Wildman–Crippen LogP) is 2.46. The zero-order valence-corrected chi connectivity index (χ0v) is 13.5. The summed E-state index contributed by atoms with van der Waals surface area (Å²) in [4.78, 5) is 26.4. The first kappa shape index (κ1) is 14.9. The number of hydrogen-bond donors (Lipinski definition) is 1. The number of rotatable bonds is 3. The Morgan fingerprint density at radius 2 is 2.12 bits per heavy atom. The molecular formula is C18H19N3O3. The number of carbonyl (C=O) groups excluding carboxylic acids is 2. The maximum Gasteiger partial charge on any atom is 0.231 e. The van der Waals surface area contributed by atoms with Gasteiger partial charge >= 0.3 is 0 Å². The molecule has 1 aromatic heterocycles. The van der Waals surface area contributed by atoms with Gasteiger partial charge < -0.3 is 14.7 Å². The van der Waals surface area contributed by atoms with Gasteiger partial charge in [0.25, 0.3) is 0 Å². The number of carbonyl (C=O) groups is 2. The fraction of sp³-hybridized carbons (Fsp3) is 0.389. The summed E-state index contributed by atoms with van der Waals surface area (Å²) in [5.74, 6) is 0.445. The summed E-state index contributed by atoms with van der Waals surface area (Å²) in [5, 5.41) is 6.47. The average molecular weight is 325 g/mol. The predicted molar refractivity (Wildman–Crippen MR) is 88.8 cm³/mol. The van der Waals surface area contributed by atoms with E-state index < -0.39 is 0 Å². The van der Waals surface area contributed by atoms with Crippen molar-refractivity contribution in [1.29, 1.82) is 0 Å². The maximum absolute atomic E-state index is 12.4. The van der Waals surface area contributed by atoms with Crippen molar-refractivity contribution in [2.24, 2.45) is 5.92 Å². The molecule has 1 saturated heterocycles. The highest BCUT2D eigenvalue weighted by Gasteiger charge is 2.35. The second kappa shape index (κ2) is 5.78. The van der Waals surface area contributed by atoms with Crippen molar-refractivity contribution in [3.05, 3.63) is 41.2 Å². The Morgan fingerprint density at radius 3 is 2.92 bits per heavy atom. The molecule has 1 atom stereocenters. The fourth-order valence-electron chi connectivity index (χ4n) is 3.51. The van der Waals surface area contributed by atoms with Crippen LogP contribution in [-0.2, 0) is 22.4 Å². The molecule has 1 N–H and O–H groups in total. The molecule has 1 fully saturated rings. The van der Waals surface area contributed by atoms with Crippen LogP contribution in [0.2, 0.25) is 0 Å². The summed E-state index contributed by atoms with van der Waals surface area (Å²) in [6.45, 7) is 2.16. The number of anilines is 2. The molecule has 124 valence electrons. The Kier molecular flexibility index (Phi) is 3.59. The maximum atomic E-state index is 12.4. The van der Waals surface area contributed by atoms with Gasteiger partial charge in [-0.3, -0.25) is 9.59 Å². The summed E-state index contributed by atoms with van der Waals surface area (Å²) < 4.78 is 4.94. The Labute approximate surface area is 139 Å². The van der Waals surface area contributed by atoms with Crippen molar-refractivity contribution < 1.29 is 14.1 Å². The van der Waals surface area contributed by atoms with Gasteiger partial charge in [-0.25, -0.2) is 0 Å². The highest BCUT2D eigenvalue weighted by molar-refractivity contribution is 6.03. The van der Waals surface area contributed by atoms with Gasteiger partial charge in [0.1, 0.15) is 5.76 Å². The summed E-state index contributed by atoms with van der Waals surface area (Å²) >= 11 is 0. The highest BCUT2D eigenvalue weighted by Crippen LogP contribution is 2.30. The van der Waals surface area contributed by atoms with Crippen molar-refractivity contribution in [2.75, 3.05) is 16.8 Å². The topological polar surface area (TPSA) is 75.4 Å². The van der Waals surface area contributed by atoms with Gasteiger partial charge in [0, 0.05) is 24.7 Å². The van der Waals surface area contributed by atoms with Gasteiger partial charge in [-0.15, -0.1) is 0 Å². The fourth-order valence-corrected chi connectivity index (χ4v) is 3.51. The quantitative estimate of drug-likeness (QED) is 0.940. The molecule has 6 heteroatoms. The monoisotopic (exact) mass is 325 g/mol. The van der Waals surface area contributed by atoms with Crippen LogP contribution in [0.1, 0.15) is 29.7 Å². The standard InChI is InChI=1S/C18H19N3O3/c1-11-7-16(20-24-11)19-18(23)14-9-17(22)21(10-14)15-6-5-12-3-2-4-13(12)8-15/h5-8,14H,2-4,9-10H2,1H3,(H,19,20,23). The van der Waals surface area contributed by atoms with Gasteiger partial charge in [-0.05, 0) is 49.4 Å². The van der Waals surface area contributed by atoms with E-state index >= 15 is 0 Å².